The van der Waals surface area contributed by atoms with Gasteiger partial charge >= 0.3 is 5.97 Å². The number of hydrogen-bond donors (Lipinski definition) is 8. The van der Waals surface area contributed by atoms with E-state index < -0.39 is 22.9 Å². The first-order chi connectivity index (χ1) is 21.3. The second kappa shape index (κ2) is 14.5. The molecule has 5 rings (SSSR count). The van der Waals surface area contributed by atoms with Gasteiger partial charge in [-0.1, -0.05) is 6.07 Å². The first-order valence-electron chi connectivity index (χ1n) is 12.6. The van der Waals surface area contributed by atoms with E-state index in [0.717, 1.165) is 12.1 Å². The van der Waals surface area contributed by atoms with Gasteiger partial charge in [0.15, 0.2) is 28.8 Å². The Morgan fingerprint density at radius 3 is 1.98 bits per heavy atom. The van der Waals surface area contributed by atoms with Crippen molar-refractivity contribution in [1.82, 2.24) is 0 Å². The van der Waals surface area contributed by atoms with Crippen molar-refractivity contribution < 1.29 is 59.6 Å². The second-order valence-corrected chi connectivity index (χ2v) is 8.96. The average Bonchev–Trinajstić information content (AvgIpc) is 3.00. The lowest BCUT2D eigenvalue weighted by Crippen LogP contribution is -2.02. The summed E-state index contributed by atoms with van der Waals surface area (Å²) in [7, 11) is 1.43. The normalized spacial score (nSPS) is 10.3. The molecule has 0 fully saturated rings. The van der Waals surface area contributed by atoms with Gasteiger partial charge in [0, 0.05) is 29.3 Å². The zero-order chi connectivity index (χ0) is 33.3. The number of methoxy groups -OCH3 is 1. The topological polar surface area (TPSA) is 235 Å². The number of phenolic OH excluding ortho intramolecular Hbond substituents is 6. The summed E-state index contributed by atoms with van der Waals surface area (Å²) >= 11 is 0. The number of carboxylic acids is 1. The predicted molar refractivity (Wildman–Crippen MR) is 161 cm³/mol. The van der Waals surface area contributed by atoms with Crippen molar-refractivity contribution in [3.8, 4) is 57.3 Å². The first kappa shape index (κ1) is 32.9. The van der Waals surface area contributed by atoms with Crippen LogP contribution in [0.1, 0.15) is 15.9 Å². The number of benzene rings is 4. The summed E-state index contributed by atoms with van der Waals surface area (Å²) in [5.74, 6) is -2.71. The van der Waals surface area contributed by atoms with E-state index in [-0.39, 0.29) is 45.5 Å². The minimum atomic E-state index is -1.06. The van der Waals surface area contributed by atoms with Crippen LogP contribution in [-0.2, 0) is 4.79 Å². The molecule has 0 aliphatic carbocycles. The third-order valence-corrected chi connectivity index (χ3v) is 5.82. The summed E-state index contributed by atoms with van der Waals surface area (Å²) in [5, 5.41) is 73.5. The molecule has 13 nitrogen and oxygen atoms in total. The third kappa shape index (κ3) is 8.45. The highest BCUT2D eigenvalue weighted by molar-refractivity contribution is 5.88. The summed E-state index contributed by atoms with van der Waals surface area (Å²) < 4.78 is 10.2. The third-order valence-electron chi connectivity index (χ3n) is 5.82. The molecule has 0 spiro atoms. The molecule has 13 heteroatoms. The van der Waals surface area contributed by atoms with E-state index in [1.807, 2.05) is 0 Å². The molecule has 0 atom stereocenters. The molecular weight excluding hydrogens is 592 g/mol. The Bertz CT molecular complexity index is 1920. The number of aliphatic carboxylic acids is 1. The molecular formula is C32H26O13. The van der Waals surface area contributed by atoms with Crippen molar-refractivity contribution in [3.63, 3.8) is 0 Å². The number of aromatic hydroxyl groups is 7. The first-order valence-corrected chi connectivity index (χ1v) is 12.6. The van der Waals surface area contributed by atoms with Crippen LogP contribution in [0.4, 0.5) is 0 Å². The predicted octanol–water partition coefficient (Wildman–Crippen LogP) is 4.69. The maximum Gasteiger partial charge on any atom is 0.328 e. The van der Waals surface area contributed by atoms with Gasteiger partial charge in [-0.15, -0.1) is 0 Å². The smallest absolute Gasteiger partial charge is 0.328 e. The molecule has 5 aromatic rings. The fourth-order valence-electron chi connectivity index (χ4n) is 3.66. The highest BCUT2D eigenvalue weighted by atomic mass is 16.5. The number of carbonyl (C=O) groups excluding carboxylic acids is 1. The molecule has 8 N–H and O–H groups in total. The van der Waals surface area contributed by atoms with Crippen LogP contribution in [0.2, 0.25) is 0 Å². The van der Waals surface area contributed by atoms with Gasteiger partial charge in [0.1, 0.15) is 34.5 Å². The van der Waals surface area contributed by atoms with E-state index in [4.69, 9.17) is 29.6 Å². The van der Waals surface area contributed by atoms with E-state index in [9.17, 15) is 34.8 Å². The fourth-order valence-corrected chi connectivity index (χ4v) is 3.66. The number of carbonyl (C=O) groups is 2. The Morgan fingerprint density at radius 1 is 0.733 bits per heavy atom. The van der Waals surface area contributed by atoms with Gasteiger partial charge in [0.2, 0.25) is 11.2 Å². The van der Waals surface area contributed by atoms with Gasteiger partial charge < -0.3 is 50.0 Å². The van der Waals surface area contributed by atoms with Crippen LogP contribution in [0.15, 0.2) is 88.1 Å². The van der Waals surface area contributed by atoms with E-state index in [1.54, 1.807) is 0 Å². The van der Waals surface area contributed by atoms with Crippen LogP contribution < -0.4 is 10.2 Å². The Balaban J connectivity index is 0.000000198. The van der Waals surface area contributed by atoms with E-state index in [1.165, 1.54) is 79.9 Å². The minimum Gasteiger partial charge on any atom is -0.508 e. The van der Waals surface area contributed by atoms with Crippen LogP contribution in [0.5, 0.6) is 46.0 Å². The van der Waals surface area contributed by atoms with Crippen molar-refractivity contribution in [2.75, 3.05) is 7.11 Å². The van der Waals surface area contributed by atoms with Gasteiger partial charge in [0.05, 0.1) is 7.11 Å². The Kier molecular flexibility index (Phi) is 10.6. The lowest BCUT2D eigenvalue weighted by molar-refractivity contribution is -0.131. The second-order valence-electron chi connectivity index (χ2n) is 8.96. The van der Waals surface area contributed by atoms with Gasteiger partial charge in [-0.2, -0.15) is 0 Å². The zero-order valence-electron chi connectivity index (χ0n) is 23.3. The van der Waals surface area contributed by atoms with Crippen LogP contribution in [0.25, 0.3) is 28.4 Å². The molecule has 0 aliphatic heterocycles. The Morgan fingerprint density at radius 2 is 1.38 bits per heavy atom. The molecule has 0 bridgehead atoms. The number of carboxylic acid groups (broad SMARTS) is 1. The van der Waals surface area contributed by atoms with Crippen molar-refractivity contribution >= 4 is 29.3 Å². The van der Waals surface area contributed by atoms with Gasteiger partial charge in [-0.25, -0.2) is 4.79 Å². The van der Waals surface area contributed by atoms with Crippen LogP contribution >= 0.6 is 0 Å². The fraction of sp³-hybridized carbons (Fsp3) is 0.0312. The highest BCUT2D eigenvalue weighted by Crippen LogP contribution is 2.35. The molecule has 0 saturated heterocycles. The van der Waals surface area contributed by atoms with E-state index in [0.29, 0.717) is 28.7 Å². The SMILES string of the molecule is COc1cc(C=O)ccc1O.O=C(O)/C=C\c1ccc(O)c(O)c1.O=c1c(O)c(-c2ccc(O)cc2)oc2cc(O)cc(O)c12. The molecule has 0 aliphatic rings. The maximum absolute atomic E-state index is 12.1. The van der Waals surface area contributed by atoms with Gasteiger partial charge in [0.25, 0.3) is 0 Å². The summed E-state index contributed by atoms with van der Waals surface area (Å²) in [5.41, 5.74) is 0.500. The summed E-state index contributed by atoms with van der Waals surface area (Å²) in [6.45, 7) is 0. The molecule has 45 heavy (non-hydrogen) atoms. The van der Waals surface area contributed by atoms with E-state index >= 15 is 0 Å². The molecule has 0 unspecified atom stereocenters. The number of rotatable bonds is 5. The number of phenols is 6. The summed E-state index contributed by atoms with van der Waals surface area (Å²) in [6.07, 6.45) is 2.97. The monoisotopic (exact) mass is 618 g/mol. The maximum atomic E-state index is 12.1. The Labute approximate surface area is 253 Å². The van der Waals surface area contributed by atoms with Gasteiger partial charge in [-0.05, 0) is 66.2 Å². The van der Waals surface area contributed by atoms with Gasteiger partial charge in [-0.3, -0.25) is 9.59 Å². The van der Waals surface area contributed by atoms with Crippen LogP contribution in [0.3, 0.4) is 0 Å². The molecule has 0 amide bonds. The summed E-state index contributed by atoms with van der Waals surface area (Å²) in [4.78, 5) is 32.5. The zero-order valence-corrected chi connectivity index (χ0v) is 23.3. The van der Waals surface area contributed by atoms with Crippen LogP contribution in [-0.4, -0.2) is 60.2 Å². The average molecular weight is 619 g/mol. The van der Waals surface area contributed by atoms with Crippen molar-refractivity contribution in [3.05, 3.63) is 100 Å². The lowest BCUT2D eigenvalue weighted by atomic mass is 10.1. The number of aldehydes is 1. The highest BCUT2D eigenvalue weighted by Gasteiger charge is 2.18. The molecule has 0 saturated carbocycles. The molecule has 232 valence electrons. The van der Waals surface area contributed by atoms with Crippen molar-refractivity contribution in [2.24, 2.45) is 0 Å². The minimum absolute atomic E-state index is 0.0247. The molecule has 1 aromatic heterocycles. The van der Waals surface area contributed by atoms with Crippen molar-refractivity contribution in [1.29, 1.82) is 0 Å². The van der Waals surface area contributed by atoms with E-state index in [2.05, 4.69) is 0 Å². The van der Waals surface area contributed by atoms with Crippen molar-refractivity contribution in [2.45, 2.75) is 0 Å². The largest absolute Gasteiger partial charge is 0.508 e. The molecule has 4 aromatic carbocycles. The number of hydrogen-bond acceptors (Lipinski definition) is 12. The van der Waals surface area contributed by atoms with Crippen LogP contribution in [0, 0.1) is 0 Å². The lowest BCUT2D eigenvalue weighted by Gasteiger charge is -2.07. The number of ether oxygens (including phenoxy) is 1. The number of fused-ring (bicyclic) bond motifs is 1. The standard InChI is InChI=1S/C15H10O6.C9H8O4.C8H8O3/c16-8-3-1-7(2-4-8)15-14(20)13(19)12-10(18)5-9(17)6-11(12)21-15;10-7-3-1-6(5-8(7)11)2-4-9(12)13;1-11-8-4-6(5-9)2-3-7(8)10/h1-6,16-18,20H;1-5,10-11H,(H,12,13);2-5,10H,1H3/b;4-2-;. The summed E-state index contributed by atoms with van der Waals surface area (Å²) in [6, 6.07) is 16.3. The molecule has 1 heterocycles. The molecule has 0 radical (unpaired) electrons. The quantitative estimate of drug-likeness (QED) is 0.0759. The Hall–Kier alpha value is -6.63.